The first-order valence-electron chi connectivity index (χ1n) is 6.42. The number of aromatic nitrogens is 1. The van der Waals surface area contributed by atoms with E-state index in [1.165, 1.54) is 25.7 Å². The zero-order chi connectivity index (χ0) is 13.0. The van der Waals surface area contributed by atoms with Crippen LogP contribution < -0.4 is 16.6 Å². The first-order valence-corrected chi connectivity index (χ1v) is 6.42. The van der Waals surface area contributed by atoms with Gasteiger partial charge in [0.15, 0.2) is 0 Å². The van der Waals surface area contributed by atoms with Gasteiger partial charge < -0.3 is 10.7 Å². The molecule has 5 heteroatoms. The van der Waals surface area contributed by atoms with Crippen molar-refractivity contribution in [3.63, 3.8) is 0 Å². The number of hydrazine groups is 1. The summed E-state index contributed by atoms with van der Waals surface area (Å²) in [5, 5.41) is 2.98. The Balaban J connectivity index is 1.97. The average molecular weight is 248 g/mol. The molecular weight excluding hydrogens is 228 g/mol. The topological polar surface area (TPSA) is 80.0 Å². The number of rotatable bonds is 4. The molecule has 0 aromatic carbocycles. The number of pyridine rings is 1. The molecule has 1 amide bonds. The number of nitrogens with zero attached hydrogens (tertiary/aromatic N) is 1. The highest BCUT2D eigenvalue weighted by Crippen LogP contribution is 2.23. The molecule has 4 N–H and O–H groups in total. The number of hydrogen-bond acceptors (Lipinski definition) is 4. The molecule has 0 radical (unpaired) electrons. The number of nitrogens with two attached hydrogens (primary N) is 1. The molecule has 1 heterocycles. The van der Waals surface area contributed by atoms with Gasteiger partial charge in [-0.25, -0.2) is 10.8 Å². The van der Waals surface area contributed by atoms with Crippen LogP contribution in [0.1, 0.15) is 41.7 Å². The molecule has 0 unspecified atom stereocenters. The highest BCUT2D eigenvalue weighted by atomic mass is 16.1. The van der Waals surface area contributed by atoms with E-state index < -0.39 is 0 Å². The van der Waals surface area contributed by atoms with Crippen molar-refractivity contribution in [2.24, 2.45) is 11.8 Å². The summed E-state index contributed by atoms with van der Waals surface area (Å²) in [6.07, 6.45) is 5.03. The largest absolute Gasteiger partial charge is 0.352 e. The molecule has 1 aromatic heterocycles. The zero-order valence-corrected chi connectivity index (χ0v) is 10.7. The highest BCUT2D eigenvalue weighted by Gasteiger charge is 2.16. The van der Waals surface area contributed by atoms with Crippen molar-refractivity contribution in [1.82, 2.24) is 10.3 Å². The van der Waals surface area contributed by atoms with Crippen LogP contribution in [0.4, 0.5) is 5.82 Å². The van der Waals surface area contributed by atoms with E-state index in [0.29, 0.717) is 17.3 Å². The summed E-state index contributed by atoms with van der Waals surface area (Å²) < 4.78 is 0. The van der Waals surface area contributed by atoms with Crippen LogP contribution in [-0.4, -0.2) is 17.4 Å². The Kier molecular flexibility index (Phi) is 4.15. The van der Waals surface area contributed by atoms with Crippen molar-refractivity contribution in [3.8, 4) is 0 Å². The van der Waals surface area contributed by atoms with Crippen LogP contribution in [-0.2, 0) is 0 Å². The predicted octanol–water partition coefficient (Wildman–Crippen LogP) is 1.60. The summed E-state index contributed by atoms with van der Waals surface area (Å²) in [5.74, 6) is 6.42. The number of nitrogens with one attached hydrogen (secondary N) is 2. The molecule has 0 saturated heterocycles. The molecule has 0 bridgehead atoms. The number of nitrogen functional groups attached to an aromatic ring is 1. The Labute approximate surface area is 107 Å². The quantitative estimate of drug-likeness (QED) is 0.558. The van der Waals surface area contributed by atoms with Crippen LogP contribution in [0.25, 0.3) is 0 Å². The van der Waals surface area contributed by atoms with E-state index in [4.69, 9.17) is 5.84 Å². The second-order valence-corrected chi connectivity index (χ2v) is 4.89. The lowest BCUT2D eigenvalue weighted by atomic mass is 10.1. The summed E-state index contributed by atoms with van der Waals surface area (Å²) in [7, 11) is 0. The minimum atomic E-state index is -0.0519. The van der Waals surface area contributed by atoms with Crippen LogP contribution in [0.2, 0.25) is 0 Å². The summed E-state index contributed by atoms with van der Waals surface area (Å²) in [6.45, 7) is 2.61. The zero-order valence-electron chi connectivity index (χ0n) is 10.7. The van der Waals surface area contributed by atoms with Gasteiger partial charge in [-0.1, -0.05) is 12.8 Å². The molecular formula is C13H20N4O. The standard InChI is InChI=1S/C13H20N4O/c1-9-6-11(7-12(16-9)17-14)13(18)15-8-10-4-2-3-5-10/h6-7,10H,2-5,8,14H2,1H3,(H,15,18)(H,16,17). The summed E-state index contributed by atoms with van der Waals surface area (Å²) in [4.78, 5) is 16.2. The maximum Gasteiger partial charge on any atom is 0.251 e. The van der Waals surface area contributed by atoms with Gasteiger partial charge in [0.25, 0.3) is 5.91 Å². The fourth-order valence-corrected chi connectivity index (χ4v) is 2.43. The third-order valence-corrected chi connectivity index (χ3v) is 3.39. The molecule has 0 aliphatic heterocycles. The highest BCUT2D eigenvalue weighted by molar-refractivity contribution is 5.94. The predicted molar refractivity (Wildman–Crippen MR) is 71.1 cm³/mol. The van der Waals surface area contributed by atoms with Gasteiger partial charge in [-0.05, 0) is 37.8 Å². The smallest absolute Gasteiger partial charge is 0.251 e. The van der Waals surface area contributed by atoms with Gasteiger partial charge in [0, 0.05) is 17.8 Å². The molecule has 1 aromatic rings. The van der Waals surface area contributed by atoms with Gasteiger partial charge in [0.2, 0.25) is 0 Å². The molecule has 1 saturated carbocycles. The van der Waals surface area contributed by atoms with Crippen molar-refractivity contribution >= 4 is 11.7 Å². The van der Waals surface area contributed by atoms with Gasteiger partial charge in [-0.15, -0.1) is 0 Å². The Morgan fingerprint density at radius 1 is 1.44 bits per heavy atom. The van der Waals surface area contributed by atoms with Crippen LogP contribution in [0.15, 0.2) is 12.1 Å². The molecule has 98 valence electrons. The van der Waals surface area contributed by atoms with Gasteiger partial charge in [-0.3, -0.25) is 4.79 Å². The van der Waals surface area contributed by atoms with E-state index in [1.54, 1.807) is 12.1 Å². The lowest BCUT2D eigenvalue weighted by Gasteiger charge is -2.11. The number of aryl methyl sites for hydroxylation is 1. The number of carbonyl (C=O) groups is 1. The fourth-order valence-electron chi connectivity index (χ4n) is 2.43. The first kappa shape index (κ1) is 12.8. The third kappa shape index (κ3) is 3.20. The average Bonchev–Trinajstić information content (AvgIpc) is 2.88. The van der Waals surface area contributed by atoms with E-state index in [0.717, 1.165) is 12.2 Å². The summed E-state index contributed by atoms with van der Waals surface area (Å²) in [5.41, 5.74) is 3.85. The van der Waals surface area contributed by atoms with Crippen molar-refractivity contribution in [2.75, 3.05) is 12.0 Å². The van der Waals surface area contributed by atoms with Crippen LogP contribution in [0.3, 0.4) is 0 Å². The van der Waals surface area contributed by atoms with Gasteiger partial charge in [0.05, 0.1) is 0 Å². The molecule has 1 aliphatic rings. The number of anilines is 1. The SMILES string of the molecule is Cc1cc(C(=O)NCC2CCCC2)cc(NN)n1. The molecule has 18 heavy (non-hydrogen) atoms. The maximum absolute atomic E-state index is 12.0. The van der Waals surface area contributed by atoms with Crippen molar-refractivity contribution in [3.05, 3.63) is 23.4 Å². The van der Waals surface area contributed by atoms with E-state index in [2.05, 4.69) is 15.7 Å². The lowest BCUT2D eigenvalue weighted by molar-refractivity contribution is 0.0947. The second-order valence-electron chi connectivity index (χ2n) is 4.89. The third-order valence-electron chi connectivity index (χ3n) is 3.39. The second kappa shape index (κ2) is 5.82. The monoisotopic (exact) mass is 248 g/mol. The molecule has 1 fully saturated rings. The minimum absolute atomic E-state index is 0.0519. The Hall–Kier alpha value is -1.62. The van der Waals surface area contributed by atoms with Gasteiger partial charge in [0.1, 0.15) is 5.82 Å². The van der Waals surface area contributed by atoms with Gasteiger partial charge in [-0.2, -0.15) is 0 Å². The van der Waals surface area contributed by atoms with E-state index in [1.807, 2.05) is 6.92 Å². The van der Waals surface area contributed by atoms with E-state index in [9.17, 15) is 4.79 Å². The van der Waals surface area contributed by atoms with Crippen molar-refractivity contribution in [1.29, 1.82) is 0 Å². The first-order chi connectivity index (χ1) is 8.69. The fraction of sp³-hybridized carbons (Fsp3) is 0.538. The van der Waals surface area contributed by atoms with E-state index >= 15 is 0 Å². The summed E-state index contributed by atoms with van der Waals surface area (Å²) in [6, 6.07) is 3.43. The maximum atomic E-state index is 12.0. The number of hydrogen-bond donors (Lipinski definition) is 3. The number of amides is 1. The molecule has 0 atom stereocenters. The molecule has 2 rings (SSSR count). The van der Waals surface area contributed by atoms with Crippen LogP contribution in [0.5, 0.6) is 0 Å². The molecule has 0 spiro atoms. The Morgan fingerprint density at radius 3 is 2.83 bits per heavy atom. The van der Waals surface area contributed by atoms with Crippen molar-refractivity contribution < 1.29 is 4.79 Å². The molecule has 1 aliphatic carbocycles. The molecule has 5 nitrogen and oxygen atoms in total. The van der Waals surface area contributed by atoms with Crippen molar-refractivity contribution in [2.45, 2.75) is 32.6 Å². The summed E-state index contributed by atoms with van der Waals surface area (Å²) >= 11 is 0. The number of carbonyl (C=O) groups excluding carboxylic acids is 1. The van der Waals surface area contributed by atoms with E-state index in [-0.39, 0.29) is 5.91 Å². The van der Waals surface area contributed by atoms with Crippen LogP contribution >= 0.6 is 0 Å². The van der Waals surface area contributed by atoms with Gasteiger partial charge >= 0.3 is 0 Å². The Bertz CT molecular complexity index is 427. The lowest BCUT2D eigenvalue weighted by Crippen LogP contribution is -2.28. The van der Waals surface area contributed by atoms with Crippen LogP contribution in [0, 0.1) is 12.8 Å². The minimum Gasteiger partial charge on any atom is -0.352 e. The normalized spacial score (nSPS) is 15.7. The Morgan fingerprint density at radius 2 is 2.17 bits per heavy atom.